The highest BCUT2D eigenvalue weighted by Crippen LogP contribution is 2.38. The number of anilines is 1. The highest BCUT2D eigenvalue weighted by Gasteiger charge is 2.37. The number of ether oxygens (including phenoxy) is 1. The Labute approximate surface area is 255 Å². The molecular formula is C36H46N4O3. The molecule has 3 aromatic rings. The molecule has 1 aromatic heterocycles. The van der Waals surface area contributed by atoms with E-state index in [1.54, 1.807) is 0 Å². The van der Waals surface area contributed by atoms with Crippen molar-refractivity contribution >= 4 is 11.6 Å². The molecular weight excluding hydrogens is 536 g/mol. The zero-order chi connectivity index (χ0) is 30.1. The smallest absolute Gasteiger partial charge is 0.253 e. The number of carbonyl (C=O) groups excluding carboxylic acids is 1. The molecule has 2 bridgehead atoms. The average molecular weight is 583 g/mol. The second-order valence-electron chi connectivity index (χ2n) is 12.9. The van der Waals surface area contributed by atoms with Crippen molar-refractivity contribution in [2.45, 2.75) is 85.0 Å². The number of H-pyrrole nitrogens is 1. The van der Waals surface area contributed by atoms with E-state index in [1.165, 1.54) is 31.4 Å². The fourth-order valence-corrected chi connectivity index (χ4v) is 7.64. The van der Waals surface area contributed by atoms with Gasteiger partial charge in [-0.05, 0) is 112 Å². The number of pyridine rings is 1. The van der Waals surface area contributed by atoms with Gasteiger partial charge in [-0.2, -0.15) is 0 Å². The Morgan fingerprint density at radius 3 is 2.44 bits per heavy atom. The summed E-state index contributed by atoms with van der Waals surface area (Å²) in [5.74, 6) is 0.731. The molecule has 0 unspecified atom stereocenters. The Balaban J connectivity index is 1.30. The van der Waals surface area contributed by atoms with E-state index in [1.807, 2.05) is 32.9 Å². The van der Waals surface area contributed by atoms with Gasteiger partial charge in [0, 0.05) is 74.0 Å². The van der Waals surface area contributed by atoms with Crippen LogP contribution in [0, 0.1) is 26.7 Å². The molecule has 43 heavy (non-hydrogen) atoms. The van der Waals surface area contributed by atoms with Gasteiger partial charge in [0.2, 0.25) is 0 Å². The van der Waals surface area contributed by atoms with Gasteiger partial charge in [0.25, 0.3) is 11.5 Å². The van der Waals surface area contributed by atoms with E-state index < -0.39 is 0 Å². The van der Waals surface area contributed by atoms with Crippen molar-refractivity contribution in [3.05, 3.63) is 86.3 Å². The van der Waals surface area contributed by atoms with Crippen LogP contribution < -0.4 is 15.8 Å². The minimum atomic E-state index is -0.163. The van der Waals surface area contributed by atoms with Crippen LogP contribution in [-0.4, -0.2) is 54.2 Å². The first-order valence-corrected chi connectivity index (χ1v) is 16.1. The maximum Gasteiger partial charge on any atom is 0.253 e. The number of piperidine rings is 1. The Morgan fingerprint density at radius 1 is 1.02 bits per heavy atom. The third-order valence-corrected chi connectivity index (χ3v) is 10.0. The molecule has 1 aliphatic carbocycles. The molecule has 7 nitrogen and oxygen atoms in total. The summed E-state index contributed by atoms with van der Waals surface area (Å²) in [5.41, 5.74) is 8.33. The Bertz CT molecular complexity index is 1520. The number of amides is 1. The summed E-state index contributed by atoms with van der Waals surface area (Å²) in [6.07, 6.45) is 6.06. The van der Waals surface area contributed by atoms with Gasteiger partial charge < -0.3 is 19.9 Å². The van der Waals surface area contributed by atoms with Crippen molar-refractivity contribution < 1.29 is 9.53 Å². The third-order valence-electron chi connectivity index (χ3n) is 10.0. The molecule has 0 spiro atoms. The zero-order valence-electron chi connectivity index (χ0n) is 26.2. The van der Waals surface area contributed by atoms with Gasteiger partial charge in [0.1, 0.15) is 0 Å². The second-order valence-corrected chi connectivity index (χ2v) is 12.9. The highest BCUT2D eigenvalue weighted by atomic mass is 16.5. The Hall–Kier alpha value is -3.42. The normalized spacial score (nSPS) is 20.5. The lowest BCUT2D eigenvalue weighted by Crippen LogP contribution is -2.40. The number of aromatic nitrogens is 1. The maximum absolute atomic E-state index is 13.8. The number of aromatic amines is 1. The molecule has 1 saturated carbocycles. The Morgan fingerprint density at radius 2 is 1.79 bits per heavy atom. The van der Waals surface area contributed by atoms with Gasteiger partial charge in [-0.25, -0.2) is 0 Å². The monoisotopic (exact) mass is 582 g/mol. The number of benzene rings is 2. The maximum atomic E-state index is 13.8. The largest absolute Gasteiger partial charge is 0.381 e. The fourth-order valence-electron chi connectivity index (χ4n) is 7.64. The number of nitrogens with zero attached hydrogens (tertiary/aromatic N) is 2. The summed E-state index contributed by atoms with van der Waals surface area (Å²) in [6, 6.07) is 16.3. The van der Waals surface area contributed by atoms with Crippen molar-refractivity contribution in [1.82, 2.24) is 15.2 Å². The van der Waals surface area contributed by atoms with Gasteiger partial charge in [-0.1, -0.05) is 24.3 Å². The van der Waals surface area contributed by atoms with Gasteiger partial charge in [0.05, 0.1) is 0 Å². The molecule has 228 valence electrons. The molecule has 2 aliphatic heterocycles. The number of likely N-dealkylation sites (tertiary alicyclic amines) is 1. The second kappa shape index (κ2) is 12.7. The van der Waals surface area contributed by atoms with Gasteiger partial charge >= 0.3 is 0 Å². The summed E-state index contributed by atoms with van der Waals surface area (Å²) in [4.78, 5) is 34.4. The molecule has 1 amide bonds. The molecule has 6 rings (SSSR count). The molecule has 7 heteroatoms. The Kier molecular flexibility index (Phi) is 8.73. The van der Waals surface area contributed by atoms with E-state index in [0.29, 0.717) is 17.2 Å². The van der Waals surface area contributed by atoms with Crippen molar-refractivity contribution in [3.63, 3.8) is 0 Å². The average Bonchev–Trinajstić information content (AvgIpc) is 3.62. The van der Waals surface area contributed by atoms with Crippen molar-refractivity contribution in [2.24, 2.45) is 5.92 Å². The summed E-state index contributed by atoms with van der Waals surface area (Å²) in [6.45, 7) is 12.8. The minimum Gasteiger partial charge on any atom is -0.381 e. The van der Waals surface area contributed by atoms with E-state index in [4.69, 9.17) is 4.74 Å². The van der Waals surface area contributed by atoms with E-state index in [2.05, 4.69) is 57.4 Å². The number of rotatable bonds is 9. The first-order valence-electron chi connectivity index (χ1n) is 16.1. The first-order chi connectivity index (χ1) is 20.8. The van der Waals surface area contributed by atoms with Crippen LogP contribution in [-0.2, 0) is 17.8 Å². The quantitative estimate of drug-likeness (QED) is 0.329. The van der Waals surface area contributed by atoms with Crippen molar-refractivity contribution in [3.8, 4) is 11.1 Å². The van der Waals surface area contributed by atoms with E-state index in [9.17, 15) is 9.59 Å². The summed E-state index contributed by atoms with van der Waals surface area (Å²) in [7, 11) is 0. The molecule has 3 heterocycles. The van der Waals surface area contributed by atoms with Crippen molar-refractivity contribution in [2.75, 3.05) is 31.2 Å². The van der Waals surface area contributed by atoms with Gasteiger partial charge in [0.15, 0.2) is 0 Å². The third kappa shape index (κ3) is 6.29. The molecule has 2 N–H and O–H groups in total. The number of carbonyl (C=O) groups is 1. The lowest BCUT2D eigenvalue weighted by molar-refractivity contribution is 0.0846. The number of fused-ring (bicyclic) bond motifs is 2. The standard InChI is InChI=1S/C36H46N4O3/c1-5-40(30-12-14-43-15-13-30)34-19-29(28-9-6-26(7-10-28)21-39-22-27-8-11-31(39)17-27)18-32(25(34)4)35(41)37-20-33-23(2)16-24(3)38-36(33)42/h6-7,9-10,16,18-19,27,30-31H,5,8,11-15,17,20-22H2,1-4H3,(H,37,41)(H,38,42)/t27-,31+/m0/s1. The number of hydrogen-bond acceptors (Lipinski definition) is 5. The predicted molar refractivity (Wildman–Crippen MR) is 173 cm³/mol. The number of hydrogen-bond donors (Lipinski definition) is 2. The van der Waals surface area contributed by atoms with Crippen LogP contribution >= 0.6 is 0 Å². The summed E-state index contributed by atoms with van der Waals surface area (Å²) >= 11 is 0. The van der Waals surface area contributed by atoms with Gasteiger partial charge in [-0.3, -0.25) is 14.5 Å². The van der Waals surface area contributed by atoms with Crippen LogP contribution in [0.15, 0.2) is 47.3 Å². The number of aryl methyl sites for hydroxylation is 2. The fraction of sp³-hybridized carbons (Fsp3) is 0.500. The van der Waals surface area contributed by atoms with Crippen molar-refractivity contribution in [1.29, 1.82) is 0 Å². The molecule has 2 atom stereocenters. The predicted octanol–water partition coefficient (Wildman–Crippen LogP) is 5.89. The summed E-state index contributed by atoms with van der Waals surface area (Å²) < 4.78 is 5.67. The lowest BCUT2D eigenvalue weighted by atomic mass is 9.94. The van der Waals surface area contributed by atoms with Crippen LogP contribution in [0.1, 0.15) is 77.3 Å². The minimum absolute atomic E-state index is 0.150. The first kappa shape index (κ1) is 29.6. The molecule has 2 aromatic carbocycles. The van der Waals surface area contributed by atoms with E-state index in [0.717, 1.165) is 84.7 Å². The lowest BCUT2D eigenvalue weighted by Gasteiger charge is -2.37. The van der Waals surface area contributed by atoms with Crippen LogP contribution in [0.2, 0.25) is 0 Å². The van der Waals surface area contributed by atoms with Crippen LogP contribution in [0.5, 0.6) is 0 Å². The van der Waals surface area contributed by atoms with Crippen LogP contribution in [0.3, 0.4) is 0 Å². The summed E-state index contributed by atoms with van der Waals surface area (Å²) in [5, 5.41) is 3.06. The highest BCUT2D eigenvalue weighted by molar-refractivity contribution is 5.99. The topological polar surface area (TPSA) is 77.7 Å². The number of nitrogens with one attached hydrogen (secondary N) is 2. The van der Waals surface area contributed by atoms with Crippen LogP contribution in [0.25, 0.3) is 11.1 Å². The van der Waals surface area contributed by atoms with Gasteiger partial charge in [-0.15, -0.1) is 0 Å². The van der Waals surface area contributed by atoms with Crippen LogP contribution in [0.4, 0.5) is 5.69 Å². The zero-order valence-corrected chi connectivity index (χ0v) is 26.2. The van der Waals surface area contributed by atoms with E-state index in [-0.39, 0.29) is 18.0 Å². The molecule has 3 fully saturated rings. The van der Waals surface area contributed by atoms with E-state index >= 15 is 0 Å². The molecule has 0 radical (unpaired) electrons. The SMILES string of the molecule is CCN(c1cc(-c2ccc(CN3C[C@H]4CC[C@@H]3C4)cc2)cc(C(=O)NCc2c(C)cc(C)[nH]c2=O)c1C)C1CCOCC1. The molecule has 2 saturated heterocycles. The molecule has 3 aliphatic rings.